The maximum Gasteiger partial charge on any atom is 0.261 e. The zero-order chi connectivity index (χ0) is 23.6. The molecule has 0 radical (unpaired) electrons. The topological polar surface area (TPSA) is 102 Å². The maximum atomic E-state index is 13.1. The Bertz CT molecular complexity index is 1350. The van der Waals surface area contributed by atoms with Crippen LogP contribution in [0.1, 0.15) is 11.1 Å². The van der Waals surface area contributed by atoms with E-state index in [-0.39, 0.29) is 16.3 Å². The summed E-state index contributed by atoms with van der Waals surface area (Å²) in [6.45, 7) is 0.500. The molecule has 1 aliphatic heterocycles. The molecule has 0 aliphatic carbocycles. The Kier molecular flexibility index (Phi) is 6.33. The molecule has 0 spiro atoms. The third-order valence-corrected chi connectivity index (χ3v) is 8.76. The van der Waals surface area contributed by atoms with Crippen LogP contribution >= 0.6 is 0 Å². The number of ether oxygens (including phenoxy) is 2. The molecule has 0 fully saturated rings. The van der Waals surface area contributed by atoms with Crippen LogP contribution in [0, 0.1) is 0 Å². The van der Waals surface area contributed by atoms with E-state index in [9.17, 15) is 16.8 Å². The fourth-order valence-electron chi connectivity index (χ4n) is 3.67. The molecule has 0 amide bonds. The fourth-order valence-corrected chi connectivity index (χ4v) is 6.13. The minimum atomic E-state index is -3.81. The molecular weight excluding hydrogens is 464 g/mol. The highest BCUT2D eigenvalue weighted by Crippen LogP contribution is 2.29. The first-order valence-electron chi connectivity index (χ1n) is 10.2. The second-order valence-electron chi connectivity index (χ2n) is 7.53. The van der Waals surface area contributed by atoms with Crippen molar-refractivity contribution in [3.8, 4) is 11.5 Å². The van der Waals surface area contributed by atoms with Gasteiger partial charge in [-0.15, -0.1) is 0 Å². The Labute approximate surface area is 193 Å². The molecule has 3 aromatic rings. The van der Waals surface area contributed by atoms with Crippen molar-refractivity contribution in [2.75, 3.05) is 25.5 Å². The lowest BCUT2D eigenvalue weighted by molar-refractivity contribution is 0.391. The lowest BCUT2D eigenvalue weighted by Crippen LogP contribution is -2.36. The molecule has 4 rings (SSSR count). The van der Waals surface area contributed by atoms with Gasteiger partial charge in [-0.05, 0) is 78.2 Å². The summed E-state index contributed by atoms with van der Waals surface area (Å²) in [7, 11) is -4.48. The van der Waals surface area contributed by atoms with Crippen LogP contribution in [0.5, 0.6) is 11.5 Å². The van der Waals surface area contributed by atoms with Crippen molar-refractivity contribution in [1.29, 1.82) is 0 Å². The molecule has 0 aromatic heterocycles. The quantitative estimate of drug-likeness (QED) is 0.548. The SMILES string of the molecule is COc1ccc(S(=O)(=O)Nc2ccc3c(c2)CN(S(=O)(=O)c2ccc(OC)cc2)CC3)cc1. The third-order valence-electron chi connectivity index (χ3n) is 5.50. The second kappa shape index (κ2) is 9.05. The predicted molar refractivity (Wildman–Crippen MR) is 125 cm³/mol. The van der Waals surface area contributed by atoms with Crippen LogP contribution < -0.4 is 14.2 Å². The molecule has 174 valence electrons. The first kappa shape index (κ1) is 23.1. The van der Waals surface area contributed by atoms with Crippen molar-refractivity contribution in [1.82, 2.24) is 4.31 Å². The van der Waals surface area contributed by atoms with Crippen LogP contribution in [0.3, 0.4) is 0 Å². The van der Waals surface area contributed by atoms with Crippen LogP contribution in [0.4, 0.5) is 5.69 Å². The monoisotopic (exact) mass is 488 g/mol. The standard InChI is InChI=1S/C23H24N2O6S2/c1-30-20-5-9-22(10-6-20)32(26,27)24-19-4-3-17-13-14-25(16-18(17)15-19)33(28,29)23-11-7-21(31-2)8-12-23/h3-12,15,24H,13-14,16H2,1-2H3. The van der Waals surface area contributed by atoms with Gasteiger partial charge in [-0.25, -0.2) is 16.8 Å². The van der Waals surface area contributed by atoms with E-state index >= 15 is 0 Å². The number of fused-ring (bicyclic) bond motifs is 1. The van der Waals surface area contributed by atoms with E-state index in [4.69, 9.17) is 9.47 Å². The molecule has 8 nitrogen and oxygen atoms in total. The van der Waals surface area contributed by atoms with Gasteiger partial charge in [0.2, 0.25) is 10.0 Å². The molecule has 0 unspecified atom stereocenters. The van der Waals surface area contributed by atoms with E-state index in [0.717, 1.165) is 11.1 Å². The fraction of sp³-hybridized carbons (Fsp3) is 0.217. The molecule has 1 N–H and O–H groups in total. The lowest BCUT2D eigenvalue weighted by atomic mass is 10.0. The number of hydrogen-bond donors (Lipinski definition) is 1. The number of nitrogens with zero attached hydrogens (tertiary/aromatic N) is 1. The van der Waals surface area contributed by atoms with Gasteiger partial charge in [0, 0.05) is 18.8 Å². The number of sulfonamides is 2. The van der Waals surface area contributed by atoms with Crippen molar-refractivity contribution < 1.29 is 26.3 Å². The summed E-state index contributed by atoms with van der Waals surface area (Å²) >= 11 is 0. The molecule has 0 saturated carbocycles. The molecule has 33 heavy (non-hydrogen) atoms. The molecule has 0 bridgehead atoms. The van der Waals surface area contributed by atoms with Gasteiger partial charge in [0.15, 0.2) is 0 Å². The highest BCUT2D eigenvalue weighted by Gasteiger charge is 2.28. The van der Waals surface area contributed by atoms with Gasteiger partial charge < -0.3 is 9.47 Å². The van der Waals surface area contributed by atoms with E-state index in [1.165, 1.54) is 42.8 Å². The normalized spacial score (nSPS) is 14.4. The van der Waals surface area contributed by atoms with Crippen molar-refractivity contribution in [3.63, 3.8) is 0 Å². The minimum Gasteiger partial charge on any atom is -0.497 e. The zero-order valence-corrected chi connectivity index (χ0v) is 19.8. The van der Waals surface area contributed by atoms with Crippen LogP contribution in [0.15, 0.2) is 76.5 Å². The van der Waals surface area contributed by atoms with Gasteiger partial charge >= 0.3 is 0 Å². The van der Waals surface area contributed by atoms with E-state index in [0.29, 0.717) is 30.2 Å². The van der Waals surface area contributed by atoms with Gasteiger partial charge in [0.1, 0.15) is 11.5 Å². The molecule has 3 aromatic carbocycles. The Morgan fingerprint density at radius 3 is 1.91 bits per heavy atom. The molecule has 0 atom stereocenters. The number of anilines is 1. The molecule has 10 heteroatoms. The summed E-state index contributed by atoms with van der Waals surface area (Å²) in [6, 6.07) is 17.5. The summed E-state index contributed by atoms with van der Waals surface area (Å²) in [5.74, 6) is 1.13. The average molecular weight is 489 g/mol. The smallest absolute Gasteiger partial charge is 0.261 e. The van der Waals surface area contributed by atoms with Crippen molar-refractivity contribution in [2.24, 2.45) is 0 Å². The van der Waals surface area contributed by atoms with Gasteiger partial charge in [0.25, 0.3) is 10.0 Å². The number of hydrogen-bond acceptors (Lipinski definition) is 6. The maximum absolute atomic E-state index is 13.1. The Hall–Kier alpha value is -3.08. The highest BCUT2D eigenvalue weighted by molar-refractivity contribution is 7.92. The second-order valence-corrected chi connectivity index (χ2v) is 11.1. The lowest BCUT2D eigenvalue weighted by Gasteiger charge is -2.28. The van der Waals surface area contributed by atoms with Gasteiger partial charge in [-0.3, -0.25) is 4.72 Å². The average Bonchev–Trinajstić information content (AvgIpc) is 2.83. The predicted octanol–water partition coefficient (Wildman–Crippen LogP) is 3.25. The van der Waals surface area contributed by atoms with Crippen LogP contribution in [-0.2, 0) is 33.0 Å². The van der Waals surface area contributed by atoms with Gasteiger partial charge in [-0.1, -0.05) is 6.07 Å². The zero-order valence-electron chi connectivity index (χ0n) is 18.2. The van der Waals surface area contributed by atoms with E-state index in [1.807, 2.05) is 6.07 Å². The first-order valence-corrected chi connectivity index (χ1v) is 13.1. The van der Waals surface area contributed by atoms with E-state index in [2.05, 4.69) is 4.72 Å². The largest absolute Gasteiger partial charge is 0.497 e. The van der Waals surface area contributed by atoms with E-state index < -0.39 is 20.0 Å². The Morgan fingerprint density at radius 2 is 1.33 bits per heavy atom. The molecular formula is C23H24N2O6S2. The van der Waals surface area contributed by atoms with Gasteiger partial charge in [0.05, 0.1) is 24.0 Å². The van der Waals surface area contributed by atoms with Crippen LogP contribution in [-0.4, -0.2) is 41.9 Å². The minimum absolute atomic E-state index is 0.102. The summed E-state index contributed by atoms with van der Waals surface area (Å²) in [5.41, 5.74) is 2.12. The summed E-state index contributed by atoms with van der Waals surface area (Å²) in [6.07, 6.45) is 0.538. The Balaban J connectivity index is 1.55. The number of benzene rings is 3. The molecule has 1 aliphatic rings. The highest BCUT2D eigenvalue weighted by atomic mass is 32.2. The molecule has 0 saturated heterocycles. The van der Waals surface area contributed by atoms with Crippen molar-refractivity contribution in [2.45, 2.75) is 22.8 Å². The summed E-state index contributed by atoms with van der Waals surface area (Å²) in [4.78, 5) is 0.285. The summed E-state index contributed by atoms with van der Waals surface area (Å²) in [5, 5.41) is 0. The number of nitrogens with one attached hydrogen (secondary N) is 1. The van der Waals surface area contributed by atoms with Crippen molar-refractivity contribution >= 4 is 25.7 Å². The van der Waals surface area contributed by atoms with Gasteiger partial charge in [-0.2, -0.15) is 4.31 Å². The van der Waals surface area contributed by atoms with Crippen LogP contribution in [0.2, 0.25) is 0 Å². The summed E-state index contributed by atoms with van der Waals surface area (Å²) < 4.78 is 65.9. The number of rotatable bonds is 7. The Morgan fingerprint density at radius 1 is 0.758 bits per heavy atom. The number of methoxy groups -OCH3 is 2. The van der Waals surface area contributed by atoms with Crippen molar-refractivity contribution in [3.05, 3.63) is 77.9 Å². The molecule has 1 heterocycles. The van der Waals surface area contributed by atoms with E-state index in [1.54, 1.807) is 36.4 Å². The first-order chi connectivity index (χ1) is 15.7. The third kappa shape index (κ3) is 4.82. The van der Waals surface area contributed by atoms with Crippen LogP contribution in [0.25, 0.3) is 0 Å².